The molecular weight excluding hydrogens is 263 g/mol. The lowest BCUT2D eigenvalue weighted by molar-refractivity contribution is -0.227. The minimum absolute atomic E-state index is 0.142. The second kappa shape index (κ2) is 3.86. The molecule has 1 N–H and O–H groups in total. The standard InChI is InChI=1S/C12H16F3NO3/c1-10(2)5-7(10)8(17)16-4-3-11(6-16,9(18)19)12(13,14)15/h7H,3-6H2,1-2H3,(H,18,19)/t7-,11?/m1/s1. The molecule has 108 valence electrons. The average molecular weight is 279 g/mol. The number of amides is 1. The molecule has 1 amide bonds. The second-order valence-corrected chi connectivity index (χ2v) is 6.14. The first-order chi connectivity index (χ1) is 8.51. The fourth-order valence-electron chi connectivity index (χ4n) is 2.63. The van der Waals surface area contributed by atoms with Crippen molar-refractivity contribution in [2.45, 2.75) is 32.9 Å². The lowest BCUT2D eigenvalue weighted by Crippen LogP contribution is -2.48. The molecule has 0 radical (unpaired) electrons. The van der Waals surface area contributed by atoms with E-state index < -0.39 is 30.5 Å². The number of carbonyl (C=O) groups is 2. The van der Waals surface area contributed by atoms with Crippen LogP contribution in [0.1, 0.15) is 26.7 Å². The zero-order valence-corrected chi connectivity index (χ0v) is 10.8. The van der Waals surface area contributed by atoms with Gasteiger partial charge >= 0.3 is 12.1 Å². The van der Waals surface area contributed by atoms with Crippen LogP contribution in [0.2, 0.25) is 0 Å². The highest BCUT2D eigenvalue weighted by Crippen LogP contribution is 2.54. The zero-order chi connectivity index (χ0) is 14.6. The molecule has 2 aliphatic rings. The summed E-state index contributed by atoms with van der Waals surface area (Å²) in [6.45, 7) is 2.84. The third kappa shape index (κ3) is 2.08. The quantitative estimate of drug-likeness (QED) is 0.840. The van der Waals surface area contributed by atoms with Crippen molar-refractivity contribution >= 4 is 11.9 Å². The molecule has 1 saturated carbocycles. The molecular formula is C12H16F3NO3. The van der Waals surface area contributed by atoms with Crippen LogP contribution in [0.15, 0.2) is 0 Å². The number of hydrogen-bond donors (Lipinski definition) is 1. The number of carboxylic acids is 1. The summed E-state index contributed by atoms with van der Waals surface area (Å²) in [5.41, 5.74) is -2.98. The largest absolute Gasteiger partial charge is 0.481 e. The van der Waals surface area contributed by atoms with Crippen LogP contribution in [0.5, 0.6) is 0 Å². The van der Waals surface area contributed by atoms with Gasteiger partial charge in [-0.25, -0.2) is 0 Å². The van der Waals surface area contributed by atoms with Crippen molar-refractivity contribution in [3.8, 4) is 0 Å². The van der Waals surface area contributed by atoms with E-state index in [4.69, 9.17) is 5.11 Å². The Kier molecular flexibility index (Phi) is 2.88. The van der Waals surface area contributed by atoms with Crippen LogP contribution in [0.25, 0.3) is 0 Å². The van der Waals surface area contributed by atoms with Crippen molar-refractivity contribution in [2.24, 2.45) is 16.7 Å². The Balaban J connectivity index is 2.14. The van der Waals surface area contributed by atoms with Crippen LogP contribution < -0.4 is 0 Å². The van der Waals surface area contributed by atoms with Crippen molar-refractivity contribution in [1.29, 1.82) is 0 Å². The predicted octanol–water partition coefficient (Wildman–Crippen LogP) is 1.90. The number of carboxylic acid groups (broad SMARTS) is 1. The predicted molar refractivity (Wildman–Crippen MR) is 59.2 cm³/mol. The number of alkyl halides is 3. The molecule has 1 unspecified atom stereocenters. The molecule has 4 nitrogen and oxygen atoms in total. The lowest BCUT2D eigenvalue weighted by Gasteiger charge is -2.27. The number of aliphatic carboxylic acids is 1. The van der Waals surface area contributed by atoms with Crippen molar-refractivity contribution in [2.75, 3.05) is 13.1 Å². The van der Waals surface area contributed by atoms with Gasteiger partial charge in [-0.15, -0.1) is 0 Å². The zero-order valence-electron chi connectivity index (χ0n) is 10.8. The van der Waals surface area contributed by atoms with Crippen LogP contribution in [0, 0.1) is 16.7 Å². The van der Waals surface area contributed by atoms with Gasteiger partial charge in [-0.05, 0) is 18.3 Å². The smallest absolute Gasteiger partial charge is 0.406 e. The van der Waals surface area contributed by atoms with E-state index in [1.165, 1.54) is 0 Å². The first-order valence-electron chi connectivity index (χ1n) is 6.10. The Bertz CT molecular complexity index is 432. The molecule has 2 rings (SSSR count). The van der Waals surface area contributed by atoms with Gasteiger partial charge in [0.15, 0.2) is 5.41 Å². The molecule has 1 aliphatic carbocycles. The molecule has 0 aromatic heterocycles. The number of likely N-dealkylation sites (tertiary alicyclic amines) is 1. The molecule has 1 heterocycles. The topological polar surface area (TPSA) is 57.6 Å². The summed E-state index contributed by atoms with van der Waals surface area (Å²) < 4.78 is 38.9. The van der Waals surface area contributed by atoms with Crippen molar-refractivity contribution in [3.05, 3.63) is 0 Å². The molecule has 0 spiro atoms. The van der Waals surface area contributed by atoms with Gasteiger partial charge in [0.1, 0.15) is 0 Å². The Morgan fingerprint density at radius 3 is 2.16 bits per heavy atom. The first-order valence-corrected chi connectivity index (χ1v) is 6.10. The fourth-order valence-corrected chi connectivity index (χ4v) is 2.63. The molecule has 0 aromatic carbocycles. The monoisotopic (exact) mass is 279 g/mol. The van der Waals surface area contributed by atoms with E-state index in [0.717, 1.165) is 4.90 Å². The van der Waals surface area contributed by atoms with Crippen LogP contribution in [-0.4, -0.2) is 41.1 Å². The van der Waals surface area contributed by atoms with Gasteiger partial charge in [-0.2, -0.15) is 13.2 Å². The molecule has 2 atom stereocenters. The Labute approximate surface area is 108 Å². The van der Waals surface area contributed by atoms with Gasteiger partial charge in [0.25, 0.3) is 0 Å². The summed E-state index contributed by atoms with van der Waals surface area (Å²) in [4.78, 5) is 24.1. The summed E-state index contributed by atoms with van der Waals surface area (Å²) in [7, 11) is 0. The van der Waals surface area contributed by atoms with E-state index in [0.29, 0.717) is 6.42 Å². The summed E-state index contributed by atoms with van der Waals surface area (Å²) >= 11 is 0. The highest BCUT2D eigenvalue weighted by Gasteiger charge is 2.65. The third-order valence-electron chi connectivity index (χ3n) is 4.34. The van der Waals surface area contributed by atoms with E-state index in [9.17, 15) is 22.8 Å². The Morgan fingerprint density at radius 2 is 1.84 bits per heavy atom. The van der Waals surface area contributed by atoms with Crippen LogP contribution in [0.4, 0.5) is 13.2 Å². The second-order valence-electron chi connectivity index (χ2n) is 6.14. The molecule has 7 heteroatoms. The summed E-state index contributed by atoms with van der Waals surface area (Å²) in [6, 6.07) is 0. The van der Waals surface area contributed by atoms with Crippen molar-refractivity contribution < 1.29 is 27.9 Å². The molecule has 0 aromatic rings. The van der Waals surface area contributed by atoms with E-state index in [-0.39, 0.29) is 23.8 Å². The summed E-state index contributed by atoms with van der Waals surface area (Å²) in [6.07, 6.45) is -4.76. The highest BCUT2D eigenvalue weighted by molar-refractivity contribution is 5.85. The maximum Gasteiger partial charge on any atom is 0.406 e. The normalized spacial score (nSPS) is 33.3. The summed E-state index contributed by atoms with van der Waals surface area (Å²) in [5.74, 6) is -2.52. The Hall–Kier alpha value is -1.27. The molecule has 19 heavy (non-hydrogen) atoms. The van der Waals surface area contributed by atoms with E-state index in [1.807, 2.05) is 13.8 Å². The van der Waals surface area contributed by atoms with Crippen molar-refractivity contribution in [3.63, 3.8) is 0 Å². The van der Waals surface area contributed by atoms with E-state index >= 15 is 0 Å². The van der Waals surface area contributed by atoms with Gasteiger partial charge < -0.3 is 10.0 Å². The highest BCUT2D eigenvalue weighted by atomic mass is 19.4. The molecule has 2 fully saturated rings. The summed E-state index contributed by atoms with van der Waals surface area (Å²) in [5, 5.41) is 8.90. The number of carbonyl (C=O) groups excluding carboxylic acids is 1. The molecule has 1 saturated heterocycles. The molecule has 0 bridgehead atoms. The van der Waals surface area contributed by atoms with Gasteiger partial charge in [-0.1, -0.05) is 13.8 Å². The van der Waals surface area contributed by atoms with Gasteiger partial charge in [-0.3, -0.25) is 9.59 Å². The van der Waals surface area contributed by atoms with Gasteiger partial charge in [0.05, 0.1) is 0 Å². The minimum atomic E-state index is -4.84. The van der Waals surface area contributed by atoms with E-state index in [1.54, 1.807) is 0 Å². The number of nitrogens with zero attached hydrogens (tertiary/aromatic N) is 1. The SMILES string of the molecule is CC1(C)C[C@@H]1C(=O)N1CCC(C(=O)O)(C(F)(F)F)C1. The third-order valence-corrected chi connectivity index (χ3v) is 4.34. The first kappa shape index (κ1) is 14.1. The maximum atomic E-state index is 13.0. The fraction of sp³-hybridized carbons (Fsp3) is 0.833. The van der Waals surface area contributed by atoms with Gasteiger partial charge in [0.2, 0.25) is 5.91 Å². The number of rotatable bonds is 2. The number of halogens is 3. The Morgan fingerprint density at radius 1 is 1.32 bits per heavy atom. The maximum absolute atomic E-state index is 13.0. The lowest BCUT2D eigenvalue weighted by atomic mass is 9.86. The van der Waals surface area contributed by atoms with Crippen LogP contribution >= 0.6 is 0 Å². The van der Waals surface area contributed by atoms with E-state index in [2.05, 4.69) is 0 Å². The van der Waals surface area contributed by atoms with Crippen LogP contribution in [-0.2, 0) is 9.59 Å². The van der Waals surface area contributed by atoms with Crippen LogP contribution in [0.3, 0.4) is 0 Å². The molecule has 1 aliphatic heterocycles. The van der Waals surface area contributed by atoms with Crippen molar-refractivity contribution in [1.82, 2.24) is 4.90 Å². The minimum Gasteiger partial charge on any atom is -0.481 e. The number of hydrogen-bond acceptors (Lipinski definition) is 2. The average Bonchev–Trinajstić information content (AvgIpc) is 2.74. The van der Waals surface area contributed by atoms with Gasteiger partial charge in [0, 0.05) is 19.0 Å².